The molecule has 2 amide bonds. The first kappa shape index (κ1) is 17.9. The summed E-state index contributed by atoms with van der Waals surface area (Å²) < 4.78 is 0. The summed E-state index contributed by atoms with van der Waals surface area (Å²) in [5.41, 5.74) is -0.958. The fourth-order valence-electron chi connectivity index (χ4n) is 1.46. The summed E-state index contributed by atoms with van der Waals surface area (Å²) in [6.07, 6.45) is 1.22. The molecule has 0 aliphatic rings. The number of hydrogen-bond acceptors (Lipinski definition) is 3. The maximum atomic E-state index is 12.0. The third-order valence-corrected chi connectivity index (χ3v) is 3.29. The molecule has 0 fully saturated rings. The van der Waals surface area contributed by atoms with Gasteiger partial charge in [-0.25, -0.2) is 0 Å². The van der Waals surface area contributed by atoms with Gasteiger partial charge >= 0.3 is 0 Å². The van der Waals surface area contributed by atoms with Crippen LogP contribution in [0.2, 0.25) is 0 Å². The summed E-state index contributed by atoms with van der Waals surface area (Å²) in [6.45, 7) is 10.9. The summed E-state index contributed by atoms with van der Waals surface area (Å²) in [4.78, 5) is 23.9. The van der Waals surface area contributed by atoms with Crippen molar-refractivity contribution in [1.29, 1.82) is 0 Å². The Labute approximate surface area is 116 Å². The van der Waals surface area contributed by atoms with E-state index in [9.17, 15) is 9.59 Å². The second-order valence-electron chi connectivity index (χ2n) is 6.32. The van der Waals surface area contributed by atoms with Gasteiger partial charge in [0.15, 0.2) is 0 Å². The predicted octanol–water partition coefficient (Wildman–Crippen LogP) is 1.20. The molecule has 112 valence electrons. The molecule has 0 saturated heterocycles. The molecule has 0 aromatic heterocycles. The zero-order valence-electron chi connectivity index (χ0n) is 13.0. The molecule has 5 heteroatoms. The summed E-state index contributed by atoms with van der Waals surface area (Å²) in [5, 5.41) is 14.6. The minimum absolute atomic E-state index is 0.0212. The smallest absolute Gasteiger partial charge is 0.242 e. The van der Waals surface area contributed by atoms with Gasteiger partial charge in [0.2, 0.25) is 11.8 Å². The Morgan fingerprint density at radius 1 is 1.21 bits per heavy atom. The van der Waals surface area contributed by atoms with Crippen molar-refractivity contribution in [2.24, 2.45) is 5.41 Å². The van der Waals surface area contributed by atoms with Gasteiger partial charge in [0.1, 0.15) is 6.04 Å². The van der Waals surface area contributed by atoms with Crippen LogP contribution in [0.3, 0.4) is 0 Å². The molecule has 19 heavy (non-hydrogen) atoms. The highest BCUT2D eigenvalue weighted by Crippen LogP contribution is 2.15. The van der Waals surface area contributed by atoms with Gasteiger partial charge in [0.25, 0.3) is 0 Å². The lowest BCUT2D eigenvalue weighted by atomic mass is 9.93. The van der Waals surface area contributed by atoms with Crippen molar-refractivity contribution in [3.8, 4) is 0 Å². The number of carbonyl (C=O) groups excluding carboxylic acids is 2. The Morgan fingerprint density at radius 3 is 2.11 bits per heavy atom. The molecule has 3 N–H and O–H groups in total. The topological polar surface area (TPSA) is 78.4 Å². The van der Waals surface area contributed by atoms with E-state index < -0.39 is 17.0 Å². The maximum absolute atomic E-state index is 12.0. The fraction of sp³-hybridized carbons (Fsp3) is 0.857. The minimum Gasteiger partial charge on any atom is -0.396 e. The molecule has 5 nitrogen and oxygen atoms in total. The van der Waals surface area contributed by atoms with Crippen molar-refractivity contribution in [3.63, 3.8) is 0 Å². The van der Waals surface area contributed by atoms with Gasteiger partial charge in [-0.15, -0.1) is 0 Å². The van der Waals surface area contributed by atoms with Crippen LogP contribution in [0.4, 0.5) is 0 Å². The van der Waals surface area contributed by atoms with E-state index in [-0.39, 0.29) is 18.4 Å². The van der Waals surface area contributed by atoms with Gasteiger partial charge in [-0.05, 0) is 26.7 Å². The molecule has 0 spiro atoms. The molecule has 0 aliphatic heterocycles. The van der Waals surface area contributed by atoms with Gasteiger partial charge in [-0.2, -0.15) is 0 Å². The van der Waals surface area contributed by atoms with Crippen LogP contribution in [-0.2, 0) is 9.59 Å². The first-order valence-corrected chi connectivity index (χ1v) is 6.79. The van der Waals surface area contributed by atoms with E-state index >= 15 is 0 Å². The first-order chi connectivity index (χ1) is 8.55. The van der Waals surface area contributed by atoms with Crippen molar-refractivity contribution in [2.45, 2.75) is 66.0 Å². The monoisotopic (exact) mass is 272 g/mol. The lowest BCUT2D eigenvalue weighted by molar-refractivity contribution is -0.133. The van der Waals surface area contributed by atoms with Crippen molar-refractivity contribution < 1.29 is 14.7 Å². The summed E-state index contributed by atoms with van der Waals surface area (Å²) >= 11 is 0. The summed E-state index contributed by atoms with van der Waals surface area (Å²) in [6, 6.07) is -0.587. The van der Waals surface area contributed by atoms with Gasteiger partial charge in [-0.1, -0.05) is 27.7 Å². The normalized spacial score (nSPS) is 16.4. The SMILES string of the molecule is CCC(C)(CCO)NC(=O)C(C)NC(=O)C(C)(C)C. The second-order valence-corrected chi connectivity index (χ2v) is 6.32. The maximum Gasteiger partial charge on any atom is 0.242 e. The van der Waals surface area contributed by atoms with E-state index in [4.69, 9.17) is 5.11 Å². The number of aliphatic hydroxyl groups is 1. The van der Waals surface area contributed by atoms with Crippen LogP contribution in [0.1, 0.15) is 54.4 Å². The molecule has 0 heterocycles. The van der Waals surface area contributed by atoms with Crippen molar-refractivity contribution in [1.82, 2.24) is 10.6 Å². The second kappa shape index (κ2) is 6.89. The Morgan fingerprint density at radius 2 is 1.74 bits per heavy atom. The average Bonchev–Trinajstić information content (AvgIpc) is 2.27. The quantitative estimate of drug-likeness (QED) is 0.680. The minimum atomic E-state index is -0.587. The van der Waals surface area contributed by atoms with E-state index in [1.807, 2.05) is 13.8 Å². The van der Waals surface area contributed by atoms with Crippen LogP contribution in [0.25, 0.3) is 0 Å². The fourth-order valence-corrected chi connectivity index (χ4v) is 1.46. The molecule has 2 unspecified atom stereocenters. The summed E-state index contributed by atoms with van der Waals surface area (Å²) in [7, 11) is 0. The van der Waals surface area contributed by atoms with Crippen LogP contribution in [0.15, 0.2) is 0 Å². The molecule has 0 aliphatic carbocycles. The third kappa shape index (κ3) is 6.05. The number of rotatable bonds is 6. The molecule has 2 atom stereocenters. The molecule has 0 aromatic rings. The van der Waals surface area contributed by atoms with Crippen molar-refractivity contribution in [3.05, 3.63) is 0 Å². The highest BCUT2D eigenvalue weighted by Gasteiger charge is 2.29. The van der Waals surface area contributed by atoms with Crippen LogP contribution >= 0.6 is 0 Å². The Kier molecular flexibility index (Phi) is 6.49. The van der Waals surface area contributed by atoms with Gasteiger partial charge in [-0.3, -0.25) is 9.59 Å². The predicted molar refractivity (Wildman–Crippen MR) is 75.6 cm³/mol. The van der Waals surface area contributed by atoms with Gasteiger partial charge < -0.3 is 15.7 Å². The summed E-state index contributed by atoms with van der Waals surface area (Å²) in [5.74, 6) is -0.383. The van der Waals surface area contributed by atoms with E-state index in [1.165, 1.54) is 0 Å². The number of nitrogens with one attached hydrogen (secondary N) is 2. The molecule has 0 saturated carbocycles. The zero-order valence-corrected chi connectivity index (χ0v) is 13.0. The van der Waals surface area contributed by atoms with E-state index in [0.29, 0.717) is 6.42 Å². The van der Waals surface area contributed by atoms with Crippen LogP contribution in [0, 0.1) is 5.41 Å². The first-order valence-electron chi connectivity index (χ1n) is 6.79. The average molecular weight is 272 g/mol. The van der Waals surface area contributed by atoms with Crippen molar-refractivity contribution in [2.75, 3.05) is 6.61 Å². The van der Waals surface area contributed by atoms with Gasteiger partial charge in [0, 0.05) is 17.6 Å². The van der Waals surface area contributed by atoms with Crippen LogP contribution < -0.4 is 10.6 Å². The van der Waals surface area contributed by atoms with Crippen molar-refractivity contribution >= 4 is 11.8 Å². The lowest BCUT2D eigenvalue weighted by Crippen LogP contribution is -2.54. The number of hydrogen-bond donors (Lipinski definition) is 3. The molecule has 0 bridgehead atoms. The van der Waals surface area contributed by atoms with E-state index in [0.717, 1.165) is 6.42 Å². The highest BCUT2D eigenvalue weighted by molar-refractivity contribution is 5.89. The molecule has 0 aromatic carbocycles. The number of carbonyl (C=O) groups is 2. The number of aliphatic hydroxyl groups excluding tert-OH is 1. The Balaban J connectivity index is 4.54. The zero-order chi connectivity index (χ0) is 15.3. The molecular formula is C14H28N2O3. The highest BCUT2D eigenvalue weighted by atomic mass is 16.3. The van der Waals surface area contributed by atoms with Gasteiger partial charge in [0.05, 0.1) is 0 Å². The molecule has 0 rings (SSSR count). The number of amides is 2. The largest absolute Gasteiger partial charge is 0.396 e. The third-order valence-electron chi connectivity index (χ3n) is 3.29. The van der Waals surface area contributed by atoms with E-state index in [2.05, 4.69) is 10.6 Å². The van der Waals surface area contributed by atoms with Crippen LogP contribution in [0.5, 0.6) is 0 Å². The van der Waals surface area contributed by atoms with E-state index in [1.54, 1.807) is 27.7 Å². The molecule has 0 radical (unpaired) electrons. The Hall–Kier alpha value is -1.10. The molecular weight excluding hydrogens is 244 g/mol. The lowest BCUT2D eigenvalue weighted by Gasteiger charge is -2.31. The standard InChI is InChI=1S/C14H28N2O3/c1-7-14(6,8-9-17)16-11(18)10(2)15-12(19)13(3,4)5/h10,17H,7-9H2,1-6H3,(H,15,19)(H,16,18). The van der Waals surface area contributed by atoms with Crippen LogP contribution in [-0.4, -0.2) is 35.1 Å². The Bertz CT molecular complexity index is 323.